The highest BCUT2D eigenvalue weighted by Crippen LogP contribution is 2.24. The van der Waals surface area contributed by atoms with Gasteiger partial charge in [0, 0.05) is 18.0 Å². The maximum atomic E-state index is 12.0. The SMILES string of the molecule is CC1(CNC(=O)C2CCCCC2)CCCN1. The fraction of sp³-hybridized carbons (Fsp3) is 0.923. The smallest absolute Gasteiger partial charge is 0.223 e. The Bertz CT molecular complexity index is 240. The van der Waals surface area contributed by atoms with Crippen LogP contribution in [0.2, 0.25) is 0 Å². The van der Waals surface area contributed by atoms with E-state index in [1.165, 1.54) is 32.1 Å². The number of carbonyl (C=O) groups is 1. The highest BCUT2D eigenvalue weighted by Gasteiger charge is 2.29. The number of rotatable bonds is 3. The molecule has 2 fully saturated rings. The molecule has 1 saturated heterocycles. The van der Waals surface area contributed by atoms with Crippen LogP contribution in [-0.4, -0.2) is 24.5 Å². The molecule has 1 atom stereocenters. The second-order valence-electron chi connectivity index (χ2n) is 5.64. The van der Waals surface area contributed by atoms with Gasteiger partial charge in [-0.2, -0.15) is 0 Å². The Morgan fingerprint density at radius 2 is 2.06 bits per heavy atom. The third-order valence-electron chi connectivity index (χ3n) is 4.09. The zero-order valence-corrected chi connectivity index (χ0v) is 10.3. The molecule has 0 aromatic rings. The zero-order chi connectivity index (χ0) is 11.4. The van der Waals surface area contributed by atoms with Gasteiger partial charge in [0.1, 0.15) is 0 Å². The fourth-order valence-corrected chi connectivity index (χ4v) is 2.90. The number of carbonyl (C=O) groups excluding carboxylic acids is 1. The molecule has 1 amide bonds. The van der Waals surface area contributed by atoms with E-state index in [1.54, 1.807) is 0 Å². The van der Waals surface area contributed by atoms with Crippen molar-refractivity contribution >= 4 is 5.91 Å². The summed E-state index contributed by atoms with van der Waals surface area (Å²) >= 11 is 0. The van der Waals surface area contributed by atoms with Gasteiger partial charge >= 0.3 is 0 Å². The maximum Gasteiger partial charge on any atom is 0.223 e. The average molecular weight is 224 g/mol. The molecule has 1 aliphatic heterocycles. The molecule has 2 aliphatic rings. The minimum Gasteiger partial charge on any atom is -0.354 e. The molecule has 0 aromatic heterocycles. The van der Waals surface area contributed by atoms with Gasteiger partial charge in [0.15, 0.2) is 0 Å². The van der Waals surface area contributed by atoms with E-state index in [2.05, 4.69) is 17.6 Å². The molecule has 1 aliphatic carbocycles. The van der Waals surface area contributed by atoms with Crippen LogP contribution < -0.4 is 10.6 Å². The summed E-state index contributed by atoms with van der Waals surface area (Å²) in [6.07, 6.45) is 8.37. The largest absolute Gasteiger partial charge is 0.354 e. The third kappa shape index (κ3) is 2.97. The lowest BCUT2D eigenvalue weighted by molar-refractivity contribution is -0.126. The first kappa shape index (κ1) is 11.9. The Labute approximate surface area is 98.4 Å². The molecule has 0 spiro atoms. The van der Waals surface area contributed by atoms with Gasteiger partial charge in [-0.25, -0.2) is 0 Å². The van der Waals surface area contributed by atoms with E-state index in [9.17, 15) is 4.79 Å². The summed E-state index contributed by atoms with van der Waals surface area (Å²) in [5.74, 6) is 0.577. The topological polar surface area (TPSA) is 41.1 Å². The van der Waals surface area contributed by atoms with Crippen molar-refractivity contribution in [3.8, 4) is 0 Å². The molecule has 16 heavy (non-hydrogen) atoms. The summed E-state index contributed by atoms with van der Waals surface area (Å²) in [6.45, 7) is 4.10. The monoisotopic (exact) mass is 224 g/mol. The van der Waals surface area contributed by atoms with E-state index in [1.807, 2.05) is 0 Å². The van der Waals surface area contributed by atoms with Crippen molar-refractivity contribution in [1.29, 1.82) is 0 Å². The zero-order valence-electron chi connectivity index (χ0n) is 10.3. The highest BCUT2D eigenvalue weighted by molar-refractivity contribution is 5.78. The Balaban J connectivity index is 1.74. The van der Waals surface area contributed by atoms with Crippen molar-refractivity contribution in [3.05, 3.63) is 0 Å². The minimum absolute atomic E-state index is 0.143. The van der Waals surface area contributed by atoms with Crippen LogP contribution in [0.1, 0.15) is 51.9 Å². The van der Waals surface area contributed by atoms with Gasteiger partial charge in [0.05, 0.1) is 0 Å². The number of hydrogen-bond acceptors (Lipinski definition) is 2. The van der Waals surface area contributed by atoms with Crippen molar-refractivity contribution in [2.75, 3.05) is 13.1 Å². The molecule has 1 unspecified atom stereocenters. The molecule has 2 rings (SSSR count). The summed E-state index contributed by atoms with van der Waals surface area (Å²) < 4.78 is 0. The molecule has 92 valence electrons. The fourth-order valence-electron chi connectivity index (χ4n) is 2.90. The summed E-state index contributed by atoms with van der Waals surface area (Å²) in [5, 5.41) is 6.61. The van der Waals surface area contributed by atoms with Crippen molar-refractivity contribution in [2.24, 2.45) is 5.92 Å². The molecular formula is C13H24N2O. The lowest BCUT2D eigenvalue weighted by Crippen LogP contribution is -2.48. The van der Waals surface area contributed by atoms with Crippen molar-refractivity contribution in [3.63, 3.8) is 0 Å². The van der Waals surface area contributed by atoms with Gasteiger partial charge in [-0.15, -0.1) is 0 Å². The van der Waals surface area contributed by atoms with Gasteiger partial charge in [-0.05, 0) is 39.2 Å². The van der Waals surface area contributed by atoms with Gasteiger partial charge < -0.3 is 10.6 Å². The molecule has 1 heterocycles. The molecule has 0 aromatic carbocycles. The van der Waals surface area contributed by atoms with Gasteiger partial charge in [0.25, 0.3) is 0 Å². The van der Waals surface area contributed by atoms with E-state index in [4.69, 9.17) is 0 Å². The van der Waals surface area contributed by atoms with Crippen molar-refractivity contribution in [1.82, 2.24) is 10.6 Å². The van der Waals surface area contributed by atoms with E-state index in [0.717, 1.165) is 25.9 Å². The molecule has 0 radical (unpaired) electrons. The molecule has 0 bridgehead atoms. The average Bonchev–Trinajstić information content (AvgIpc) is 2.75. The lowest BCUT2D eigenvalue weighted by Gasteiger charge is -2.27. The van der Waals surface area contributed by atoms with Crippen LogP contribution >= 0.6 is 0 Å². The first-order chi connectivity index (χ1) is 7.70. The molecule has 3 heteroatoms. The van der Waals surface area contributed by atoms with Crippen LogP contribution in [0.25, 0.3) is 0 Å². The quantitative estimate of drug-likeness (QED) is 0.768. The number of nitrogens with one attached hydrogen (secondary N) is 2. The molecule has 2 N–H and O–H groups in total. The second kappa shape index (κ2) is 5.17. The number of amides is 1. The minimum atomic E-state index is 0.143. The van der Waals surface area contributed by atoms with Gasteiger partial charge in [0.2, 0.25) is 5.91 Å². The normalized spacial score (nSPS) is 31.6. The number of hydrogen-bond donors (Lipinski definition) is 2. The first-order valence-corrected chi connectivity index (χ1v) is 6.72. The Kier molecular flexibility index (Phi) is 3.85. The standard InChI is InChI=1S/C13H24N2O/c1-13(8-5-9-15-13)10-14-12(16)11-6-3-2-4-7-11/h11,15H,2-10H2,1H3,(H,14,16). The predicted molar refractivity (Wildman–Crippen MR) is 65.2 cm³/mol. The van der Waals surface area contributed by atoms with E-state index in [0.29, 0.717) is 5.92 Å². The second-order valence-corrected chi connectivity index (χ2v) is 5.64. The Morgan fingerprint density at radius 1 is 1.31 bits per heavy atom. The predicted octanol–water partition coefficient (Wildman–Crippen LogP) is 1.82. The Morgan fingerprint density at radius 3 is 2.69 bits per heavy atom. The summed E-state index contributed by atoms with van der Waals surface area (Å²) in [7, 11) is 0. The summed E-state index contributed by atoms with van der Waals surface area (Å²) in [5.41, 5.74) is 0.143. The third-order valence-corrected chi connectivity index (χ3v) is 4.09. The van der Waals surface area contributed by atoms with Crippen LogP contribution in [0.15, 0.2) is 0 Å². The molecule has 3 nitrogen and oxygen atoms in total. The van der Waals surface area contributed by atoms with Crippen molar-refractivity contribution < 1.29 is 4.79 Å². The van der Waals surface area contributed by atoms with E-state index < -0.39 is 0 Å². The summed E-state index contributed by atoms with van der Waals surface area (Å²) in [4.78, 5) is 12.0. The summed E-state index contributed by atoms with van der Waals surface area (Å²) in [6, 6.07) is 0. The van der Waals surface area contributed by atoms with Crippen LogP contribution in [0.5, 0.6) is 0 Å². The Hall–Kier alpha value is -0.570. The van der Waals surface area contributed by atoms with Gasteiger partial charge in [-0.3, -0.25) is 4.79 Å². The van der Waals surface area contributed by atoms with Crippen LogP contribution in [0, 0.1) is 5.92 Å². The first-order valence-electron chi connectivity index (χ1n) is 6.72. The molecular weight excluding hydrogens is 200 g/mol. The highest BCUT2D eigenvalue weighted by atomic mass is 16.1. The molecule has 1 saturated carbocycles. The van der Waals surface area contributed by atoms with Crippen LogP contribution in [0.3, 0.4) is 0 Å². The van der Waals surface area contributed by atoms with Gasteiger partial charge in [-0.1, -0.05) is 19.3 Å². The van der Waals surface area contributed by atoms with Crippen LogP contribution in [0.4, 0.5) is 0 Å². The maximum absolute atomic E-state index is 12.0. The lowest BCUT2D eigenvalue weighted by atomic mass is 9.88. The van der Waals surface area contributed by atoms with E-state index in [-0.39, 0.29) is 11.4 Å². The van der Waals surface area contributed by atoms with E-state index >= 15 is 0 Å². The van der Waals surface area contributed by atoms with Crippen LogP contribution in [-0.2, 0) is 4.79 Å². The van der Waals surface area contributed by atoms with Crippen molar-refractivity contribution in [2.45, 2.75) is 57.4 Å².